The van der Waals surface area contributed by atoms with Gasteiger partial charge in [-0.25, -0.2) is 14.2 Å². The molecule has 4 rings (SSSR count). The van der Waals surface area contributed by atoms with Gasteiger partial charge in [0.1, 0.15) is 5.82 Å². The van der Waals surface area contributed by atoms with Crippen molar-refractivity contribution in [3.05, 3.63) is 72.2 Å². The Bertz CT molecular complexity index is 1300. The third-order valence-electron chi connectivity index (χ3n) is 6.07. The van der Waals surface area contributed by atoms with E-state index in [9.17, 15) is 18.9 Å². The molecule has 1 N–H and O–H groups in total. The minimum absolute atomic E-state index is 0.0481. The van der Waals surface area contributed by atoms with Crippen molar-refractivity contribution in [2.45, 2.75) is 36.9 Å². The zero-order chi connectivity index (χ0) is 25.2. The zero-order valence-corrected chi connectivity index (χ0v) is 20.3. The molecule has 2 aromatic carbocycles. The van der Waals surface area contributed by atoms with Crippen LogP contribution in [-0.4, -0.2) is 34.4 Å². The lowest BCUT2D eigenvalue weighted by Crippen LogP contribution is -2.46. The minimum Gasteiger partial charge on any atom is -0.422 e. The molecule has 3 atom stereocenters. The van der Waals surface area contributed by atoms with E-state index in [1.165, 1.54) is 19.1 Å². The molecule has 1 aliphatic carbocycles. The summed E-state index contributed by atoms with van der Waals surface area (Å²) in [6, 6.07) is 17.1. The van der Waals surface area contributed by atoms with Crippen LogP contribution < -0.4 is 4.74 Å². The number of esters is 1. The predicted octanol–water partition coefficient (Wildman–Crippen LogP) is 5.21. The third kappa shape index (κ3) is 4.78. The predicted molar refractivity (Wildman–Crippen MR) is 132 cm³/mol. The number of rotatable bonds is 8. The van der Waals surface area contributed by atoms with Crippen LogP contribution in [0.1, 0.15) is 31.4 Å². The normalized spacial score (nSPS) is 16.5. The Morgan fingerprint density at radius 2 is 1.86 bits per heavy atom. The maximum absolute atomic E-state index is 13.7. The molecule has 1 fully saturated rings. The van der Waals surface area contributed by atoms with Crippen LogP contribution in [-0.2, 0) is 13.9 Å². The standard InChI is InChI=1S/C27H25FNO5P/c1-4-27(17(2)30,35(32)33-3)26(31)34-25-22(18-12-14-21(28)15-13-18)16-23(19-8-6-5-7-9-19)29-24(25)20-10-11-20/h1,5-9,12-17,20,30,35H,10-11H2,2-3H3. The maximum atomic E-state index is 13.7. The topological polar surface area (TPSA) is 85.7 Å². The van der Waals surface area contributed by atoms with E-state index in [-0.39, 0.29) is 11.7 Å². The molecule has 0 amide bonds. The van der Waals surface area contributed by atoms with E-state index in [4.69, 9.17) is 20.7 Å². The van der Waals surface area contributed by atoms with Gasteiger partial charge >= 0.3 is 5.97 Å². The van der Waals surface area contributed by atoms with Gasteiger partial charge in [-0.15, -0.1) is 6.42 Å². The number of terminal acetylenes is 1. The highest BCUT2D eigenvalue weighted by atomic mass is 31.1. The number of aromatic nitrogens is 1. The first kappa shape index (κ1) is 24.8. The molecular weight excluding hydrogens is 468 g/mol. The van der Waals surface area contributed by atoms with Gasteiger partial charge in [0.2, 0.25) is 13.2 Å². The van der Waals surface area contributed by atoms with Crippen LogP contribution in [0.5, 0.6) is 5.75 Å². The monoisotopic (exact) mass is 493 g/mol. The van der Waals surface area contributed by atoms with E-state index >= 15 is 0 Å². The first-order valence-electron chi connectivity index (χ1n) is 11.1. The van der Waals surface area contributed by atoms with Crippen LogP contribution in [0.25, 0.3) is 22.4 Å². The molecule has 1 aromatic heterocycles. The van der Waals surface area contributed by atoms with E-state index in [1.807, 2.05) is 30.3 Å². The average molecular weight is 493 g/mol. The van der Waals surface area contributed by atoms with Gasteiger partial charge in [0.15, 0.2) is 5.75 Å². The van der Waals surface area contributed by atoms with Crippen molar-refractivity contribution in [3.63, 3.8) is 0 Å². The van der Waals surface area contributed by atoms with E-state index < -0.39 is 31.1 Å². The molecule has 6 nitrogen and oxygen atoms in total. The molecule has 0 radical (unpaired) electrons. The summed E-state index contributed by atoms with van der Waals surface area (Å²) < 4.78 is 37.2. The van der Waals surface area contributed by atoms with Crippen molar-refractivity contribution in [1.82, 2.24) is 4.98 Å². The van der Waals surface area contributed by atoms with Gasteiger partial charge in [0, 0.05) is 24.2 Å². The van der Waals surface area contributed by atoms with Gasteiger partial charge in [-0.2, -0.15) is 0 Å². The van der Waals surface area contributed by atoms with Crippen molar-refractivity contribution in [2.24, 2.45) is 0 Å². The summed E-state index contributed by atoms with van der Waals surface area (Å²) in [6.07, 6.45) is 5.80. The highest BCUT2D eigenvalue weighted by Gasteiger charge is 2.50. The molecule has 1 saturated carbocycles. The quantitative estimate of drug-likeness (QED) is 0.263. The largest absolute Gasteiger partial charge is 0.422 e. The molecule has 3 aromatic rings. The molecule has 35 heavy (non-hydrogen) atoms. The number of hydrogen-bond acceptors (Lipinski definition) is 6. The van der Waals surface area contributed by atoms with Crippen LogP contribution in [0.15, 0.2) is 60.7 Å². The van der Waals surface area contributed by atoms with E-state index in [0.717, 1.165) is 25.5 Å². The molecule has 0 aliphatic heterocycles. The summed E-state index contributed by atoms with van der Waals surface area (Å²) in [7, 11) is -2.07. The fraction of sp³-hybridized carbons (Fsp3) is 0.259. The smallest absolute Gasteiger partial charge is 0.342 e. The van der Waals surface area contributed by atoms with E-state index in [0.29, 0.717) is 22.5 Å². The number of aliphatic hydroxyl groups is 1. The molecule has 0 bridgehead atoms. The second-order valence-electron chi connectivity index (χ2n) is 8.43. The van der Waals surface area contributed by atoms with Crippen molar-refractivity contribution in [3.8, 4) is 40.5 Å². The second kappa shape index (κ2) is 10.1. The third-order valence-corrected chi connectivity index (χ3v) is 7.85. The number of carbonyl (C=O) groups excluding carboxylic acids is 1. The first-order chi connectivity index (χ1) is 16.8. The summed E-state index contributed by atoms with van der Waals surface area (Å²) in [4.78, 5) is 18.2. The minimum atomic E-state index is -3.23. The SMILES string of the molecule is C#CC(C(=O)Oc1c(-c2ccc(F)cc2)cc(-c2ccccc2)nc1C1CC1)(C(C)O)[PH](=O)OC. The van der Waals surface area contributed by atoms with E-state index in [1.54, 1.807) is 18.2 Å². The number of pyridine rings is 1. The summed E-state index contributed by atoms with van der Waals surface area (Å²) >= 11 is 0. The Labute approximate surface area is 204 Å². The van der Waals surface area contributed by atoms with Crippen LogP contribution in [0.4, 0.5) is 4.39 Å². The van der Waals surface area contributed by atoms with Gasteiger partial charge < -0.3 is 14.4 Å². The zero-order valence-electron chi connectivity index (χ0n) is 19.3. The maximum Gasteiger partial charge on any atom is 0.342 e. The van der Waals surface area contributed by atoms with Gasteiger partial charge in [0.05, 0.1) is 17.5 Å². The molecule has 0 saturated heterocycles. The lowest BCUT2D eigenvalue weighted by Gasteiger charge is -2.28. The molecule has 1 heterocycles. The number of carbonyl (C=O) groups is 1. The summed E-state index contributed by atoms with van der Waals surface area (Å²) in [5, 5.41) is 8.18. The highest BCUT2D eigenvalue weighted by molar-refractivity contribution is 7.43. The fourth-order valence-electron chi connectivity index (χ4n) is 3.89. The number of benzene rings is 2. The summed E-state index contributed by atoms with van der Waals surface area (Å²) in [5.74, 6) is 0.883. The molecule has 0 spiro atoms. The summed E-state index contributed by atoms with van der Waals surface area (Å²) in [5.41, 5.74) is 3.17. The van der Waals surface area contributed by atoms with Crippen molar-refractivity contribution in [2.75, 3.05) is 7.11 Å². The lowest BCUT2D eigenvalue weighted by atomic mass is 9.99. The number of hydrogen-bond donors (Lipinski definition) is 1. The highest BCUT2D eigenvalue weighted by Crippen LogP contribution is 2.49. The van der Waals surface area contributed by atoms with Crippen LogP contribution in [0.3, 0.4) is 0 Å². The molecule has 3 unspecified atom stereocenters. The van der Waals surface area contributed by atoms with Crippen molar-refractivity contribution < 1.29 is 28.1 Å². The van der Waals surface area contributed by atoms with Gasteiger partial charge in [-0.05, 0) is 43.5 Å². The number of nitrogens with zero attached hydrogens (tertiary/aromatic N) is 1. The molecule has 1 aliphatic rings. The average Bonchev–Trinajstić information content (AvgIpc) is 3.71. The Hall–Kier alpha value is -3.30. The van der Waals surface area contributed by atoms with Crippen molar-refractivity contribution in [1.29, 1.82) is 0 Å². The number of aliphatic hydroxyl groups excluding tert-OH is 1. The van der Waals surface area contributed by atoms with E-state index in [2.05, 4.69) is 5.92 Å². The summed E-state index contributed by atoms with van der Waals surface area (Å²) in [6.45, 7) is 1.27. The Morgan fingerprint density at radius 3 is 2.40 bits per heavy atom. The van der Waals surface area contributed by atoms with Gasteiger partial charge in [-0.3, -0.25) is 4.57 Å². The Morgan fingerprint density at radius 1 is 1.20 bits per heavy atom. The van der Waals surface area contributed by atoms with Crippen LogP contribution in [0.2, 0.25) is 0 Å². The fourth-order valence-corrected chi connectivity index (χ4v) is 4.89. The molecule has 180 valence electrons. The molecule has 8 heteroatoms. The Balaban J connectivity index is 1.92. The van der Waals surface area contributed by atoms with Crippen LogP contribution in [0, 0.1) is 18.2 Å². The Kier molecular flexibility index (Phi) is 7.18. The molecular formula is C27H25FNO5P. The van der Waals surface area contributed by atoms with Gasteiger partial charge in [-0.1, -0.05) is 48.4 Å². The number of ether oxygens (including phenoxy) is 1. The second-order valence-corrected chi connectivity index (χ2v) is 10.2. The van der Waals surface area contributed by atoms with Crippen molar-refractivity contribution >= 4 is 14.0 Å². The first-order valence-corrected chi connectivity index (χ1v) is 12.5. The van der Waals surface area contributed by atoms with Gasteiger partial charge in [0.25, 0.3) is 0 Å². The number of halogens is 1. The van der Waals surface area contributed by atoms with Crippen LogP contribution >= 0.6 is 8.03 Å². The lowest BCUT2D eigenvalue weighted by molar-refractivity contribution is -0.138.